The highest BCUT2D eigenvalue weighted by atomic mass is 35.5. The van der Waals surface area contributed by atoms with Crippen molar-refractivity contribution in [1.29, 1.82) is 0 Å². The minimum Gasteiger partial charge on any atom is -0.383 e. The van der Waals surface area contributed by atoms with Crippen molar-refractivity contribution in [3.05, 3.63) is 52.5 Å². The number of aliphatic imine (C=N–C) groups is 1. The Labute approximate surface area is 194 Å². The maximum absolute atomic E-state index is 12.8. The molecule has 0 saturated heterocycles. The third kappa shape index (κ3) is 5.45. The van der Waals surface area contributed by atoms with Crippen LogP contribution in [0.25, 0.3) is 10.2 Å². The number of amides is 2. The number of nitrogens with zero attached hydrogens (tertiary/aromatic N) is 2. The van der Waals surface area contributed by atoms with Crippen LogP contribution < -0.4 is 16.0 Å². The fraction of sp³-hybridized carbons (Fsp3) is 0.250. The van der Waals surface area contributed by atoms with Crippen molar-refractivity contribution >= 4 is 67.5 Å². The molecule has 2 amide bonds. The van der Waals surface area contributed by atoms with Gasteiger partial charge in [0.15, 0.2) is 5.17 Å². The summed E-state index contributed by atoms with van der Waals surface area (Å²) in [4.78, 5) is 20.7. The number of thiophene rings is 1. The number of fused-ring (bicyclic) bond motifs is 1. The molecule has 168 valence electrons. The quantitative estimate of drug-likeness (QED) is 0.398. The van der Waals surface area contributed by atoms with E-state index in [4.69, 9.17) is 11.6 Å². The van der Waals surface area contributed by atoms with Crippen molar-refractivity contribution in [3.63, 3.8) is 0 Å². The van der Waals surface area contributed by atoms with Crippen LogP contribution >= 0.6 is 34.7 Å². The van der Waals surface area contributed by atoms with Gasteiger partial charge in [0.05, 0.1) is 33.0 Å². The van der Waals surface area contributed by atoms with Crippen LogP contribution in [0.1, 0.15) is 12.0 Å². The summed E-state index contributed by atoms with van der Waals surface area (Å²) in [5.41, 5.74) is 0.966. The summed E-state index contributed by atoms with van der Waals surface area (Å²) in [7, 11) is 0. The van der Waals surface area contributed by atoms with Gasteiger partial charge in [-0.3, -0.25) is 15.3 Å². The summed E-state index contributed by atoms with van der Waals surface area (Å²) in [6.45, 7) is 1.19. The summed E-state index contributed by atoms with van der Waals surface area (Å²) < 4.78 is 39.4. The largest absolute Gasteiger partial charge is 0.416 e. The van der Waals surface area contributed by atoms with Crippen molar-refractivity contribution in [2.24, 2.45) is 4.99 Å². The molecule has 0 spiro atoms. The fourth-order valence-electron chi connectivity index (χ4n) is 3.08. The van der Waals surface area contributed by atoms with E-state index in [-0.39, 0.29) is 10.9 Å². The van der Waals surface area contributed by atoms with E-state index in [1.165, 1.54) is 23.9 Å². The number of amidine groups is 1. The molecule has 3 N–H and O–H groups in total. The molecule has 2 aromatic heterocycles. The van der Waals surface area contributed by atoms with Crippen LogP contribution in [-0.4, -0.2) is 34.5 Å². The van der Waals surface area contributed by atoms with Crippen LogP contribution in [0.2, 0.25) is 5.02 Å². The fourth-order valence-corrected chi connectivity index (χ4v) is 5.22. The summed E-state index contributed by atoms with van der Waals surface area (Å²) >= 11 is 9.26. The first-order chi connectivity index (χ1) is 15.3. The van der Waals surface area contributed by atoms with E-state index in [0.29, 0.717) is 23.3 Å². The number of pyridine rings is 1. The number of hydrogen-bond donors (Lipinski definition) is 3. The molecule has 1 atom stereocenters. The molecule has 0 saturated carbocycles. The van der Waals surface area contributed by atoms with Gasteiger partial charge in [-0.05, 0) is 36.1 Å². The van der Waals surface area contributed by atoms with Crippen molar-refractivity contribution in [2.75, 3.05) is 23.7 Å². The number of alkyl halides is 3. The topological polar surface area (TPSA) is 78.4 Å². The number of hydrogen-bond acceptors (Lipinski definition) is 6. The van der Waals surface area contributed by atoms with E-state index >= 15 is 0 Å². The molecule has 1 unspecified atom stereocenters. The molecule has 3 heterocycles. The first-order valence-electron chi connectivity index (χ1n) is 9.51. The number of thioether (sulfide) groups is 1. The maximum Gasteiger partial charge on any atom is 0.416 e. The number of nitrogens with one attached hydrogen (secondary N) is 3. The molecule has 0 bridgehead atoms. The van der Waals surface area contributed by atoms with Crippen molar-refractivity contribution in [3.8, 4) is 0 Å². The Morgan fingerprint density at radius 3 is 2.91 bits per heavy atom. The number of carbonyl (C=O) groups is 1. The normalized spacial score (nSPS) is 16.1. The molecule has 0 fully saturated rings. The zero-order chi connectivity index (χ0) is 22.7. The third-order valence-corrected chi connectivity index (χ3v) is 6.96. The molecule has 1 aliphatic heterocycles. The summed E-state index contributed by atoms with van der Waals surface area (Å²) in [6, 6.07) is 5.75. The van der Waals surface area contributed by atoms with E-state index in [2.05, 4.69) is 25.9 Å². The molecule has 0 radical (unpaired) electrons. The summed E-state index contributed by atoms with van der Waals surface area (Å²) in [5.74, 6) is 0. The van der Waals surface area contributed by atoms with Crippen LogP contribution in [-0.2, 0) is 6.18 Å². The van der Waals surface area contributed by atoms with Gasteiger partial charge < -0.3 is 10.6 Å². The molecule has 4 rings (SSSR count). The Hall–Kier alpha value is -2.50. The molecule has 32 heavy (non-hydrogen) atoms. The Morgan fingerprint density at radius 2 is 2.09 bits per heavy atom. The molecule has 3 aromatic rings. The molecular weight excluding hydrogens is 483 g/mol. The van der Waals surface area contributed by atoms with Gasteiger partial charge in [-0.2, -0.15) is 13.2 Å². The van der Waals surface area contributed by atoms with E-state index < -0.39 is 17.8 Å². The lowest BCUT2D eigenvalue weighted by atomic mass is 10.2. The summed E-state index contributed by atoms with van der Waals surface area (Å²) in [6.07, 6.45) is -2.08. The Balaban J connectivity index is 1.24. The van der Waals surface area contributed by atoms with Gasteiger partial charge >= 0.3 is 12.2 Å². The van der Waals surface area contributed by atoms with Gasteiger partial charge in [0.25, 0.3) is 0 Å². The van der Waals surface area contributed by atoms with E-state index in [1.54, 1.807) is 17.5 Å². The van der Waals surface area contributed by atoms with Crippen LogP contribution in [0, 0.1) is 0 Å². The SMILES string of the molecule is O=C(NC1=NCC(CCNc2c(Cl)cnc3ccsc23)S1)Nc1cccc(C(F)(F)F)c1. The van der Waals surface area contributed by atoms with Gasteiger partial charge in [0.2, 0.25) is 0 Å². The van der Waals surface area contributed by atoms with Crippen LogP contribution in [0.15, 0.2) is 46.9 Å². The first-order valence-corrected chi connectivity index (χ1v) is 11.7. The van der Waals surface area contributed by atoms with Crippen LogP contribution in [0.3, 0.4) is 0 Å². The lowest BCUT2D eigenvalue weighted by Gasteiger charge is -2.13. The van der Waals surface area contributed by atoms with E-state index in [0.717, 1.165) is 34.5 Å². The highest BCUT2D eigenvalue weighted by Gasteiger charge is 2.30. The van der Waals surface area contributed by atoms with Gasteiger partial charge in [-0.15, -0.1) is 11.3 Å². The Bertz CT molecular complexity index is 1170. The average molecular weight is 500 g/mol. The van der Waals surface area contributed by atoms with E-state index in [1.807, 2.05) is 11.4 Å². The number of urea groups is 1. The maximum atomic E-state index is 12.8. The zero-order valence-corrected chi connectivity index (χ0v) is 18.8. The molecule has 0 aliphatic carbocycles. The lowest BCUT2D eigenvalue weighted by Crippen LogP contribution is -2.32. The summed E-state index contributed by atoms with van der Waals surface area (Å²) in [5, 5.41) is 11.5. The molecule has 12 heteroatoms. The smallest absolute Gasteiger partial charge is 0.383 e. The number of anilines is 2. The van der Waals surface area contributed by atoms with Crippen LogP contribution in [0.5, 0.6) is 0 Å². The molecule has 1 aliphatic rings. The molecule has 6 nitrogen and oxygen atoms in total. The standard InChI is InChI=1S/C20H17ClF3N5OS2/c21-14-10-26-15-5-7-31-17(15)16(14)25-6-4-13-9-27-19(32-13)29-18(30)28-12-3-1-2-11(8-12)20(22,23)24/h1-3,5,7-8,10,13H,4,6,9H2,(H,25,26)(H2,27,28,29,30). The predicted molar refractivity (Wildman–Crippen MR) is 125 cm³/mol. The number of aromatic nitrogens is 1. The second-order valence-corrected chi connectivity index (χ2v) is 9.49. The second kappa shape index (κ2) is 9.55. The lowest BCUT2D eigenvalue weighted by molar-refractivity contribution is -0.137. The monoisotopic (exact) mass is 499 g/mol. The zero-order valence-electron chi connectivity index (χ0n) is 16.4. The van der Waals surface area contributed by atoms with Crippen molar-refractivity contribution < 1.29 is 18.0 Å². The predicted octanol–water partition coefficient (Wildman–Crippen LogP) is 6.06. The van der Waals surface area contributed by atoms with Crippen molar-refractivity contribution in [1.82, 2.24) is 10.3 Å². The third-order valence-electron chi connectivity index (χ3n) is 4.58. The number of rotatable bonds is 5. The van der Waals surface area contributed by atoms with Gasteiger partial charge in [0.1, 0.15) is 0 Å². The first kappa shape index (κ1) is 22.7. The average Bonchev–Trinajstić information content (AvgIpc) is 3.38. The number of benzene rings is 1. The molecular formula is C20H17ClF3N5OS2. The van der Waals surface area contributed by atoms with E-state index in [9.17, 15) is 18.0 Å². The highest BCUT2D eigenvalue weighted by Crippen LogP contribution is 2.34. The Kier molecular flexibility index (Phi) is 6.77. The minimum atomic E-state index is -4.48. The van der Waals surface area contributed by atoms with Crippen LogP contribution in [0.4, 0.5) is 29.3 Å². The van der Waals surface area contributed by atoms with Gasteiger partial charge in [-0.25, -0.2) is 4.79 Å². The highest BCUT2D eigenvalue weighted by molar-refractivity contribution is 8.14. The van der Waals surface area contributed by atoms with Crippen molar-refractivity contribution in [2.45, 2.75) is 17.8 Å². The number of halogens is 4. The second-order valence-electron chi connectivity index (χ2n) is 6.87. The Morgan fingerprint density at radius 1 is 1.25 bits per heavy atom. The minimum absolute atomic E-state index is 0.0517. The number of carbonyl (C=O) groups excluding carboxylic acids is 1. The van der Waals surface area contributed by atoms with Gasteiger partial charge in [-0.1, -0.05) is 29.4 Å². The molecule has 1 aromatic carbocycles. The van der Waals surface area contributed by atoms with Gasteiger partial charge in [0, 0.05) is 23.7 Å².